The van der Waals surface area contributed by atoms with Gasteiger partial charge < -0.3 is 0 Å². The maximum atomic E-state index is 2.41. The van der Waals surface area contributed by atoms with Crippen LogP contribution in [-0.4, -0.2) is 0 Å². The van der Waals surface area contributed by atoms with Crippen LogP contribution >= 0.6 is 0 Å². The van der Waals surface area contributed by atoms with Gasteiger partial charge in [0.2, 0.25) is 0 Å². The van der Waals surface area contributed by atoms with Gasteiger partial charge in [-0.25, -0.2) is 0 Å². The summed E-state index contributed by atoms with van der Waals surface area (Å²) in [5.41, 5.74) is 0. The van der Waals surface area contributed by atoms with Gasteiger partial charge in [0.05, 0.1) is 0 Å². The summed E-state index contributed by atoms with van der Waals surface area (Å²) < 4.78 is 0. The van der Waals surface area contributed by atoms with Crippen LogP contribution in [-0.2, 0) is 0 Å². The van der Waals surface area contributed by atoms with Crippen molar-refractivity contribution in [2.75, 3.05) is 0 Å². The molecule has 0 N–H and O–H groups in total. The molecule has 2 unspecified atom stereocenters. The van der Waals surface area contributed by atoms with Crippen molar-refractivity contribution in [1.82, 2.24) is 0 Å². The molecule has 0 saturated heterocycles. The molecule has 2 atom stereocenters. The van der Waals surface area contributed by atoms with Crippen molar-refractivity contribution in [1.29, 1.82) is 0 Å². The summed E-state index contributed by atoms with van der Waals surface area (Å²) in [7, 11) is 0. The van der Waals surface area contributed by atoms with E-state index in [0.717, 1.165) is 17.8 Å². The first kappa shape index (κ1) is 8.59. The lowest BCUT2D eigenvalue weighted by molar-refractivity contribution is 0.325. The monoisotopic (exact) mass is 166 g/mol. The van der Waals surface area contributed by atoms with Crippen molar-refractivity contribution in [2.45, 2.75) is 58.3 Å². The van der Waals surface area contributed by atoms with E-state index in [1.807, 2.05) is 0 Å². The first-order chi connectivity index (χ1) is 5.86. The maximum Gasteiger partial charge on any atom is -0.0386 e. The van der Waals surface area contributed by atoms with E-state index >= 15 is 0 Å². The Hall–Kier alpha value is 0. The van der Waals surface area contributed by atoms with Crippen molar-refractivity contribution >= 4 is 0 Å². The molecule has 0 heteroatoms. The zero-order valence-corrected chi connectivity index (χ0v) is 8.39. The average Bonchev–Trinajstić information content (AvgIpc) is 2.81. The van der Waals surface area contributed by atoms with Crippen molar-refractivity contribution in [2.24, 2.45) is 17.8 Å². The van der Waals surface area contributed by atoms with Gasteiger partial charge in [-0.15, -0.1) is 0 Å². The second-order valence-electron chi connectivity index (χ2n) is 5.05. The summed E-state index contributed by atoms with van der Waals surface area (Å²) in [5.74, 6) is 3.33. The largest absolute Gasteiger partial charge is 0.0622 e. The molecule has 0 aliphatic heterocycles. The lowest BCUT2D eigenvalue weighted by Crippen LogP contribution is -2.06. The molecular weight excluding hydrogens is 144 g/mol. The Morgan fingerprint density at radius 1 is 1.00 bits per heavy atom. The molecule has 2 rings (SSSR count). The summed E-state index contributed by atoms with van der Waals surface area (Å²) in [5, 5.41) is 0. The van der Waals surface area contributed by atoms with E-state index in [-0.39, 0.29) is 0 Å². The third-order valence-corrected chi connectivity index (χ3v) is 3.95. The van der Waals surface area contributed by atoms with Gasteiger partial charge >= 0.3 is 0 Å². The SMILES string of the molecule is CC1CC1CCC1CCCCC1. The molecular formula is C12H22. The summed E-state index contributed by atoms with van der Waals surface area (Å²) in [6, 6.07) is 0. The van der Waals surface area contributed by atoms with Gasteiger partial charge in [-0.1, -0.05) is 45.4 Å². The Morgan fingerprint density at radius 3 is 2.25 bits per heavy atom. The van der Waals surface area contributed by atoms with Gasteiger partial charge in [0, 0.05) is 0 Å². The molecule has 0 aromatic rings. The molecule has 70 valence electrons. The second-order valence-corrected chi connectivity index (χ2v) is 5.05. The lowest BCUT2D eigenvalue weighted by atomic mass is 9.85. The smallest absolute Gasteiger partial charge is 0.0386 e. The van der Waals surface area contributed by atoms with E-state index in [9.17, 15) is 0 Å². The third-order valence-electron chi connectivity index (χ3n) is 3.95. The molecule has 12 heavy (non-hydrogen) atoms. The van der Waals surface area contributed by atoms with Crippen LogP contribution in [0.3, 0.4) is 0 Å². The highest BCUT2D eigenvalue weighted by Gasteiger charge is 2.32. The highest BCUT2D eigenvalue weighted by molar-refractivity contribution is 4.83. The minimum absolute atomic E-state index is 1.08. The van der Waals surface area contributed by atoms with Gasteiger partial charge in [-0.05, 0) is 30.6 Å². The van der Waals surface area contributed by atoms with Crippen LogP contribution in [0.2, 0.25) is 0 Å². The van der Waals surface area contributed by atoms with Crippen LogP contribution < -0.4 is 0 Å². The van der Waals surface area contributed by atoms with E-state index in [1.165, 1.54) is 25.7 Å². The molecule has 0 aromatic heterocycles. The van der Waals surface area contributed by atoms with Gasteiger partial charge in [-0.3, -0.25) is 0 Å². The molecule has 2 saturated carbocycles. The van der Waals surface area contributed by atoms with Crippen LogP contribution in [0.15, 0.2) is 0 Å². The van der Waals surface area contributed by atoms with Crippen LogP contribution in [0.4, 0.5) is 0 Å². The molecule has 0 aromatic carbocycles. The van der Waals surface area contributed by atoms with Crippen molar-refractivity contribution in [3.63, 3.8) is 0 Å². The zero-order chi connectivity index (χ0) is 8.39. The first-order valence-electron chi connectivity index (χ1n) is 5.86. The van der Waals surface area contributed by atoms with E-state index in [2.05, 4.69) is 6.92 Å². The number of hydrogen-bond acceptors (Lipinski definition) is 0. The van der Waals surface area contributed by atoms with E-state index in [1.54, 1.807) is 25.7 Å². The minimum Gasteiger partial charge on any atom is -0.0622 e. The number of rotatable bonds is 3. The van der Waals surface area contributed by atoms with E-state index in [0.29, 0.717) is 0 Å². The Morgan fingerprint density at radius 2 is 1.67 bits per heavy atom. The molecule has 2 aliphatic carbocycles. The second kappa shape index (κ2) is 3.81. The van der Waals surface area contributed by atoms with Gasteiger partial charge in [0.1, 0.15) is 0 Å². The van der Waals surface area contributed by atoms with Gasteiger partial charge in [-0.2, -0.15) is 0 Å². The molecule has 0 amide bonds. The van der Waals surface area contributed by atoms with Crippen LogP contribution in [0, 0.1) is 17.8 Å². The quantitative estimate of drug-likeness (QED) is 0.594. The van der Waals surface area contributed by atoms with Crippen molar-refractivity contribution in [3.8, 4) is 0 Å². The van der Waals surface area contributed by atoms with E-state index < -0.39 is 0 Å². The Labute approximate surface area is 76.7 Å². The van der Waals surface area contributed by atoms with Crippen LogP contribution in [0.25, 0.3) is 0 Å². The average molecular weight is 166 g/mol. The molecule has 0 nitrogen and oxygen atoms in total. The molecule has 0 bridgehead atoms. The lowest BCUT2D eigenvalue weighted by Gasteiger charge is -2.21. The normalized spacial score (nSPS) is 36.8. The topological polar surface area (TPSA) is 0 Å². The standard InChI is InChI=1S/C12H22/c1-10-9-12(10)8-7-11-5-3-2-4-6-11/h10-12H,2-9H2,1H3. The predicted molar refractivity (Wildman–Crippen MR) is 53.1 cm³/mol. The van der Waals surface area contributed by atoms with Crippen LogP contribution in [0.5, 0.6) is 0 Å². The molecule has 0 spiro atoms. The minimum atomic E-state index is 1.08. The molecule has 2 aliphatic rings. The fourth-order valence-corrected chi connectivity index (χ4v) is 2.73. The van der Waals surface area contributed by atoms with E-state index in [4.69, 9.17) is 0 Å². The fourth-order valence-electron chi connectivity index (χ4n) is 2.73. The van der Waals surface area contributed by atoms with Gasteiger partial charge in [0.25, 0.3) is 0 Å². The van der Waals surface area contributed by atoms with Crippen molar-refractivity contribution in [3.05, 3.63) is 0 Å². The molecule has 2 fully saturated rings. The Balaban J connectivity index is 1.59. The fraction of sp³-hybridized carbons (Fsp3) is 1.00. The highest BCUT2D eigenvalue weighted by Crippen LogP contribution is 2.43. The number of hydrogen-bond donors (Lipinski definition) is 0. The zero-order valence-electron chi connectivity index (χ0n) is 8.39. The van der Waals surface area contributed by atoms with Gasteiger partial charge in [0.15, 0.2) is 0 Å². The van der Waals surface area contributed by atoms with Crippen molar-refractivity contribution < 1.29 is 0 Å². The molecule has 0 radical (unpaired) electrons. The summed E-state index contributed by atoms with van der Waals surface area (Å²) in [4.78, 5) is 0. The van der Waals surface area contributed by atoms with Crippen LogP contribution in [0.1, 0.15) is 58.3 Å². The Kier molecular flexibility index (Phi) is 2.73. The third kappa shape index (κ3) is 2.24. The summed E-state index contributed by atoms with van der Waals surface area (Å²) in [6.07, 6.45) is 12.3. The summed E-state index contributed by atoms with van der Waals surface area (Å²) >= 11 is 0. The molecule has 0 heterocycles. The Bertz CT molecular complexity index is 133. The summed E-state index contributed by atoms with van der Waals surface area (Å²) in [6.45, 7) is 2.41. The first-order valence-corrected chi connectivity index (χ1v) is 5.86. The predicted octanol–water partition coefficient (Wildman–Crippen LogP) is 4.00. The highest BCUT2D eigenvalue weighted by atomic mass is 14.4. The maximum absolute atomic E-state index is 2.41.